The summed E-state index contributed by atoms with van der Waals surface area (Å²) in [5.41, 5.74) is 0.0845. The maximum Gasteiger partial charge on any atom is 0.416 e. The number of nitrogens with zero attached hydrogens (tertiary/aromatic N) is 1. The fourth-order valence-electron chi connectivity index (χ4n) is 3.90. The minimum Gasteiger partial charge on any atom is -0.484 e. The van der Waals surface area contributed by atoms with E-state index in [0.717, 1.165) is 22.5 Å². The maximum absolute atomic E-state index is 14.3. The monoisotopic (exact) mass is 541 g/mol. The number of allylic oxidation sites excluding steroid dienone is 1. The minimum absolute atomic E-state index is 0.0679. The molecular weight excluding hydrogens is 522 g/mol. The Kier molecular flexibility index (Phi) is 7.05. The maximum atomic E-state index is 14.3. The Morgan fingerprint density at radius 2 is 1.89 bits per heavy atom. The lowest BCUT2D eigenvalue weighted by atomic mass is 10.0. The summed E-state index contributed by atoms with van der Waals surface area (Å²) in [5.74, 6) is -0.411. The summed E-state index contributed by atoms with van der Waals surface area (Å²) in [6, 6.07) is 12.2. The summed E-state index contributed by atoms with van der Waals surface area (Å²) in [7, 11) is -4.47. The minimum atomic E-state index is -4.73. The summed E-state index contributed by atoms with van der Waals surface area (Å²) in [6.45, 7) is 0.799. The van der Waals surface area contributed by atoms with Crippen LogP contribution in [0.5, 0.6) is 5.75 Å². The SMILES string of the molecule is CC(=Cc1ccc2c(c1)N(S(=O)(=O)c1cccc(C(F)(F)F)c1)CC(CO)O2)c1c(F)cccc1Cl. The highest BCUT2D eigenvalue weighted by molar-refractivity contribution is 7.92. The number of halogens is 5. The summed E-state index contributed by atoms with van der Waals surface area (Å²) >= 11 is 6.14. The van der Waals surface area contributed by atoms with E-state index in [-0.39, 0.29) is 28.6 Å². The average Bonchev–Trinajstić information content (AvgIpc) is 2.82. The largest absolute Gasteiger partial charge is 0.484 e. The highest BCUT2D eigenvalue weighted by Crippen LogP contribution is 2.40. The van der Waals surface area contributed by atoms with Crippen LogP contribution in [0.4, 0.5) is 23.2 Å². The van der Waals surface area contributed by atoms with Crippen molar-refractivity contribution in [1.29, 1.82) is 0 Å². The van der Waals surface area contributed by atoms with Gasteiger partial charge in [-0.15, -0.1) is 0 Å². The van der Waals surface area contributed by atoms with Crippen molar-refractivity contribution >= 4 is 39.0 Å². The number of sulfonamides is 1. The molecule has 0 amide bonds. The molecule has 0 aromatic heterocycles. The molecule has 190 valence electrons. The lowest BCUT2D eigenvalue weighted by Crippen LogP contribution is -2.45. The number of fused-ring (bicyclic) bond motifs is 1. The first kappa shape index (κ1) is 26.0. The topological polar surface area (TPSA) is 66.8 Å². The number of hydrogen-bond donors (Lipinski definition) is 1. The summed E-state index contributed by atoms with van der Waals surface area (Å²) in [5, 5.41) is 9.82. The first-order valence-electron chi connectivity index (χ1n) is 10.7. The van der Waals surface area contributed by atoms with Crippen molar-refractivity contribution in [3.8, 4) is 5.75 Å². The van der Waals surface area contributed by atoms with Crippen LogP contribution in [0.2, 0.25) is 5.02 Å². The number of ether oxygens (including phenoxy) is 1. The number of aliphatic hydroxyl groups excluding tert-OH is 1. The van der Waals surface area contributed by atoms with Crippen molar-refractivity contribution in [1.82, 2.24) is 0 Å². The van der Waals surface area contributed by atoms with Crippen molar-refractivity contribution in [3.63, 3.8) is 0 Å². The van der Waals surface area contributed by atoms with Gasteiger partial charge in [0.05, 0.1) is 34.3 Å². The van der Waals surface area contributed by atoms with E-state index in [1.54, 1.807) is 19.1 Å². The van der Waals surface area contributed by atoms with Gasteiger partial charge in [-0.05, 0) is 60.5 Å². The van der Waals surface area contributed by atoms with Crippen LogP contribution in [-0.2, 0) is 16.2 Å². The third kappa shape index (κ3) is 5.07. The normalized spacial score (nSPS) is 16.5. The van der Waals surface area contributed by atoms with E-state index < -0.39 is 45.2 Å². The number of benzene rings is 3. The standard InChI is InChI=1S/C25H20ClF4NO4S/c1-15(24-20(26)6-3-7-21(24)27)10-16-8-9-23-22(11-16)31(13-18(14-32)35-23)36(33,34)19-5-2-4-17(12-19)25(28,29)30/h2-12,18,32H,13-14H2,1H3. The van der Waals surface area contributed by atoms with E-state index in [0.29, 0.717) is 17.2 Å². The van der Waals surface area contributed by atoms with E-state index in [1.165, 1.54) is 30.3 Å². The van der Waals surface area contributed by atoms with Crippen molar-refractivity contribution in [3.05, 3.63) is 88.2 Å². The fraction of sp³-hybridized carbons (Fsp3) is 0.200. The lowest BCUT2D eigenvalue weighted by molar-refractivity contribution is -0.137. The molecule has 1 atom stereocenters. The molecule has 1 heterocycles. The molecule has 0 saturated carbocycles. The van der Waals surface area contributed by atoms with Gasteiger partial charge >= 0.3 is 6.18 Å². The van der Waals surface area contributed by atoms with Gasteiger partial charge in [-0.1, -0.05) is 35.9 Å². The van der Waals surface area contributed by atoms with E-state index in [2.05, 4.69) is 0 Å². The second-order valence-corrected chi connectivity index (χ2v) is 10.4. The summed E-state index contributed by atoms with van der Waals surface area (Å²) < 4.78 is 87.5. The number of rotatable bonds is 5. The van der Waals surface area contributed by atoms with Crippen LogP contribution in [0.25, 0.3) is 11.6 Å². The molecule has 0 radical (unpaired) electrons. The van der Waals surface area contributed by atoms with Crippen molar-refractivity contribution < 1.29 is 35.8 Å². The molecule has 0 spiro atoms. The molecule has 1 unspecified atom stereocenters. The molecule has 5 nitrogen and oxygen atoms in total. The van der Waals surface area contributed by atoms with Crippen LogP contribution in [0, 0.1) is 5.82 Å². The second kappa shape index (κ2) is 9.76. The number of alkyl halides is 3. The van der Waals surface area contributed by atoms with Crippen molar-refractivity contribution in [2.45, 2.75) is 24.1 Å². The van der Waals surface area contributed by atoms with Gasteiger partial charge in [0.15, 0.2) is 0 Å². The average molecular weight is 542 g/mol. The molecule has 0 bridgehead atoms. The van der Waals surface area contributed by atoms with E-state index in [1.807, 2.05) is 0 Å². The van der Waals surface area contributed by atoms with Crippen LogP contribution in [0.15, 0.2) is 65.6 Å². The Morgan fingerprint density at radius 1 is 1.17 bits per heavy atom. The van der Waals surface area contributed by atoms with Gasteiger partial charge in [-0.3, -0.25) is 4.31 Å². The number of hydrogen-bond acceptors (Lipinski definition) is 4. The summed E-state index contributed by atoms with van der Waals surface area (Å²) in [6.07, 6.45) is -4.07. The molecular formula is C25H20ClF4NO4S. The van der Waals surface area contributed by atoms with Crippen LogP contribution in [0.1, 0.15) is 23.6 Å². The van der Waals surface area contributed by atoms with E-state index in [4.69, 9.17) is 16.3 Å². The van der Waals surface area contributed by atoms with Gasteiger partial charge in [0.1, 0.15) is 17.7 Å². The Bertz CT molecular complexity index is 1420. The van der Waals surface area contributed by atoms with E-state index >= 15 is 0 Å². The Balaban J connectivity index is 1.80. The second-order valence-electron chi connectivity index (χ2n) is 8.14. The smallest absolute Gasteiger partial charge is 0.416 e. The molecule has 3 aromatic rings. The predicted octanol–water partition coefficient (Wildman–Crippen LogP) is 6.01. The van der Waals surface area contributed by atoms with Gasteiger partial charge in [-0.25, -0.2) is 12.8 Å². The predicted molar refractivity (Wildman–Crippen MR) is 129 cm³/mol. The van der Waals surface area contributed by atoms with Crippen LogP contribution < -0.4 is 9.04 Å². The number of anilines is 1. The first-order chi connectivity index (χ1) is 16.9. The fourth-order valence-corrected chi connectivity index (χ4v) is 5.76. The van der Waals surface area contributed by atoms with Gasteiger partial charge in [0, 0.05) is 5.56 Å². The van der Waals surface area contributed by atoms with Crippen LogP contribution >= 0.6 is 11.6 Å². The highest BCUT2D eigenvalue weighted by atomic mass is 35.5. The molecule has 1 N–H and O–H groups in total. The van der Waals surface area contributed by atoms with Crippen LogP contribution in [-0.4, -0.2) is 32.8 Å². The Hall–Kier alpha value is -3.08. The molecule has 0 aliphatic carbocycles. The zero-order valence-corrected chi connectivity index (χ0v) is 20.3. The third-order valence-corrected chi connectivity index (χ3v) is 7.70. The molecule has 1 aliphatic rings. The summed E-state index contributed by atoms with van der Waals surface area (Å²) in [4.78, 5) is -0.558. The van der Waals surface area contributed by atoms with Gasteiger partial charge in [0.25, 0.3) is 10.0 Å². The molecule has 1 aliphatic heterocycles. The third-order valence-electron chi connectivity index (χ3n) is 5.61. The van der Waals surface area contributed by atoms with Crippen LogP contribution in [0.3, 0.4) is 0 Å². The zero-order valence-electron chi connectivity index (χ0n) is 18.8. The molecule has 11 heteroatoms. The zero-order chi connectivity index (χ0) is 26.3. The van der Waals surface area contributed by atoms with Gasteiger partial charge < -0.3 is 9.84 Å². The van der Waals surface area contributed by atoms with E-state index in [9.17, 15) is 31.1 Å². The first-order valence-corrected chi connectivity index (χ1v) is 12.5. The molecule has 3 aromatic carbocycles. The molecule has 4 rings (SSSR count). The van der Waals surface area contributed by atoms with Gasteiger partial charge in [-0.2, -0.15) is 13.2 Å². The molecule has 0 fully saturated rings. The Labute approximate surface area is 210 Å². The Morgan fingerprint density at radius 3 is 2.56 bits per heavy atom. The molecule has 36 heavy (non-hydrogen) atoms. The quantitative estimate of drug-likeness (QED) is 0.317. The van der Waals surface area contributed by atoms with Crippen molar-refractivity contribution in [2.75, 3.05) is 17.5 Å². The van der Waals surface area contributed by atoms with Crippen molar-refractivity contribution in [2.24, 2.45) is 0 Å². The number of aliphatic hydroxyl groups is 1. The van der Waals surface area contributed by atoms with Gasteiger partial charge in [0.2, 0.25) is 0 Å². The lowest BCUT2D eigenvalue weighted by Gasteiger charge is -2.35. The highest BCUT2D eigenvalue weighted by Gasteiger charge is 2.37. The molecule has 0 saturated heterocycles.